The van der Waals surface area contributed by atoms with E-state index in [9.17, 15) is 4.79 Å². The summed E-state index contributed by atoms with van der Waals surface area (Å²) < 4.78 is 10.3. The molecule has 6 nitrogen and oxygen atoms in total. The van der Waals surface area contributed by atoms with Gasteiger partial charge >= 0.3 is 5.97 Å². The van der Waals surface area contributed by atoms with Crippen LogP contribution in [0.25, 0.3) is 0 Å². The number of carboxylic acids is 1. The zero-order chi connectivity index (χ0) is 13.8. The molecule has 0 saturated heterocycles. The number of nitrogens with one attached hydrogen (secondary N) is 1. The Morgan fingerprint density at radius 3 is 2.74 bits per heavy atom. The number of nitrogens with zero attached hydrogens (tertiary/aromatic N) is 1. The summed E-state index contributed by atoms with van der Waals surface area (Å²) in [6.07, 6.45) is 0. The van der Waals surface area contributed by atoms with Crippen molar-refractivity contribution in [2.45, 2.75) is 0 Å². The van der Waals surface area contributed by atoms with Crippen molar-refractivity contribution in [3.05, 3.63) is 29.3 Å². The number of hydrogen-bond donors (Lipinski definition) is 2. The quantitative estimate of drug-likeness (QED) is 0.876. The van der Waals surface area contributed by atoms with Gasteiger partial charge in [-0.05, 0) is 12.1 Å². The van der Waals surface area contributed by atoms with Crippen molar-refractivity contribution in [3.8, 4) is 11.5 Å². The lowest BCUT2D eigenvalue weighted by molar-refractivity contribution is 0.0691. The Labute approximate surface area is 113 Å². The Morgan fingerprint density at radius 1 is 1.37 bits per heavy atom. The van der Waals surface area contributed by atoms with Crippen LogP contribution in [0, 0.1) is 0 Å². The van der Waals surface area contributed by atoms with E-state index in [1.54, 1.807) is 32.4 Å². The maximum absolute atomic E-state index is 10.8. The third-order valence-electron chi connectivity index (χ3n) is 2.37. The second-order valence-electron chi connectivity index (χ2n) is 3.53. The van der Waals surface area contributed by atoms with Crippen LogP contribution in [0.5, 0.6) is 11.5 Å². The van der Waals surface area contributed by atoms with Crippen molar-refractivity contribution >= 4 is 28.1 Å². The first kappa shape index (κ1) is 13.2. The van der Waals surface area contributed by atoms with Crippen LogP contribution < -0.4 is 14.8 Å². The average Bonchev–Trinajstić information content (AvgIpc) is 2.87. The fourth-order valence-corrected chi connectivity index (χ4v) is 2.15. The van der Waals surface area contributed by atoms with Crippen LogP contribution in [-0.4, -0.2) is 30.3 Å². The van der Waals surface area contributed by atoms with Gasteiger partial charge in [-0.2, -0.15) is 0 Å². The molecule has 2 aromatic rings. The molecule has 100 valence electrons. The number of hydrogen-bond acceptors (Lipinski definition) is 6. The van der Waals surface area contributed by atoms with Crippen LogP contribution in [0.15, 0.2) is 23.6 Å². The lowest BCUT2D eigenvalue weighted by Gasteiger charge is -2.10. The first-order chi connectivity index (χ1) is 9.13. The maximum atomic E-state index is 10.8. The molecule has 7 heteroatoms. The third-order valence-corrected chi connectivity index (χ3v) is 3.13. The van der Waals surface area contributed by atoms with E-state index in [0.717, 1.165) is 0 Å². The molecule has 1 aromatic carbocycles. The molecule has 0 spiro atoms. The average molecular weight is 280 g/mol. The minimum atomic E-state index is -1.05. The van der Waals surface area contributed by atoms with E-state index in [4.69, 9.17) is 14.6 Å². The molecule has 0 fully saturated rings. The second kappa shape index (κ2) is 5.57. The summed E-state index contributed by atoms with van der Waals surface area (Å²) in [5.74, 6) is 0.230. The van der Waals surface area contributed by atoms with Crippen LogP contribution in [0.4, 0.5) is 10.8 Å². The van der Waals surface area contributed by atoms with Gasteiger partial charge in [0.25, 0.3) is 0 Å². The molecule has 0 unspecified atom stereocenters. The number of benzene rings is 1. The van der Waals surface area contributed by atoms with Gasteiger partial charge in [-0.1, -0.05) is 0 Å². The summed E-state index contributed by atoms with van der Waals surface area (Å²) in [6, 6.07) is 5.28. The van der Waals surface area contributed by atoms with Gasteiger partial charge in [-0.15, -0.1) is 11.3 Å². The Balaban J connectivity index is 2.27. The lowest BCUT2D eigenvalue weighted by Crippen LogP contribution is -1.98. The summed E-state index contributed by atoms with van der Waals surface area (Å²) in [6.45, 7) is 0. The minimum Gasteiger partial charge on any atom is -0.497 e. The topological polar surface area (TPSA) is 80.7 Å². The number of carbonyl (C=O) groups is 1. The van der Waals surface area contributed by atoms with E-state index in [1.807, 2.05) is 0 Å². The molecule has 0 aliphatic rings. The molecule has 0 bridgehead atoms. The Morgan fingerprint density at radius 2 is 2.16 bits per heavy atom. The maximum Gasteiger partial charge on any atom is 0.355 e. The van der Waals surface area contributed by atoms with E-state index < -0.39 is 5.97 Å². The van der Waals surface area contributed by atoms with Crippen LogP contribution in [0.3, 0.4) is 0 Å². The van der Waals surface area contributed by atoms with Crippen molar-refractivity contribution in [2.75, 3.05) is 19.5 Å². The molecule has 0 atom stereocenters. The van der Waals surface area contributed by atoms with Gasteiger partial charge in [0.1, 0.15) is 11.5 Å². The summed E-state index contributed by atoms with van der Waals surface area (Å²) in [7, 11) is 3.12. The van der Waals surface area contributed by atoms with Gasteiger partial charge in [0.2, 0.25) is 0 Å². The molecule has 1 heterocycles. The van der Waals surface area contributed by atoms with Gasteiger partial charge in [0.05, 0.1) is 19.9 Å². The fraction of sp³-hybridized carbons (Fsp3) is 0.167. The van der Waals surface area contributed by atoms with Crippen LogP contribution in [0.2, 0.25) is 0 Å². The highest BCUT2D eigenvalue weighted by molar-refractivity contribution is 7.14. The number of thiazole rings is 1. The van der Waals surface area contributed by atoms with Gasteiger partial charge in [-0.3, -0.25) is 0 Å². The van der Waals surface area contributed by atoms with Crippen molar-refractivity contribution in [1.82, 2.24) is 4.98 Å². The smallest absolute Gasteiger partial charge is 0.355 e. The van der Waals surface area contributed by atoms with Crippen LogP contribution in [0.1, 0.15) is 10.5 Å². The number of ether oxygens (including phenoxy) is 2. The molecule has 19 heavy (non-hydrogen) atoms. The summed E-state index contributed by atoms with van der Waals surface area (Å²) in [4.78, 5) is 14.7. The van der Waals surface area contributed by atoms with E-state index in [2.05, 4.69) is 10.3 Å². The van der Waals surface area contributed by atoms with E-state index in [0.29, 0.717) is 22.3 Å². The van der Waals surface area contributed by atoms with E-state index in [1.165, 1.54) is 16.7 Å². The first-order valence-electron chi connectivity index (χ1n) is 5.32. The second-order valence-corrected chi connectivity index (χ2v) is 4.39. The van der Waals surface area contributed by atoms with E-state index in [-0.39, 0.29) is 5.69 Å². The molecule has 2 rings (SSSR count). The number of aromatic carboxylic acids is 1. The zero-order valence-electron chi connectivity index (χ0n) is 10.3. The molecular formula is C12H12N2O4S. The Kier molecular flexibility index (Phi) is 3.86. The SMILES string of the molecule is COc1ccc(OC)c(Nc2nc(C(=O)O)cs2)c1. The molecule has 0 radical (unpaired) electrons. The predicted octanol–water partition coefficient (Wildman–Crippen LogP) is 2.60. The van der Waals surface area contributed by atoms with Crippen molar-refractivity contribution in [1.29, 1.82) is 0 Å². The summed E-state index contributed by atoms with van der Waals surface area (Å²) >= 11 is 1.21. The standard InChI is InChI=1S/C12H12N2O4S/c1-17-7-3-4-10(18-2)8(5-7)13-12-14-9(6-19-12)11(15)16/h3-6H,1-2H3,(H,13,14)(H,15,16). The molecule has 0 amide bonds. The van der Waals surface area contributed by atoms with Crippen molar-refractivity contribution < 1.29 is 19.4 Å². The lowest BCUT2D eigenvalue weighted by atomic mass is 10.2. The largest absolute Gasteiger partial charge is 0.497 e. The highest BCUT2D eigenvalue weighted by atomic mass is 32.1. The van der Waals surface area contributed by atoms with Crippen LogP contribution >= 0.6 is 11.3 Å². The fourth-order valence-electron chi connectivity index (χ4n) is 1.46. The predicted molar refractivity (Wildman–Crippen MR) is 71.9 cm³/mol. The molecule has 0 aliphatic carbocycles. The van der Waals surface area contributed by atoms with Gasteiger partial charge in [0.15, 0.2) is 10.8 Å². The highest BCUT2D eigenvalue weighted by Crippen LogP contribution is 2.32. The van der Waals surface area contributed by atoms with Gasteiger partial charge < -0.3 is 19.9 Å². The number of anilines is 2. The van der Waals surface area contributed by atoms with Gasteiger partial charge in [0, 0.05) is 11.4 Å². The molecule has 0 saturated carbocycles. The summed E-state index contributed by atoms with van der Waals surface area (Å²) in [5, 5.41) is 13.8. The summed E-state index contributed by atoms with van der Waals surface area (Å²) in [5.41, 5.74) is 0.669. The van der Waals surface area contributed by atoms with Crippen molar-refractivity contribution in [2.24, 2.45) is 0 Å². The number of rotatable bonds is 5. The number of aromatic nitrogens is 1. The number of methoxy groups -OCH3 is 2. The Hall–Kier alpha value is -2.28. The highest BCUT2D eigenvalue weighted by Gasteiger charge is 2.11. The van der Waals surface area contributed by atoms with Crippen molar-refractivity contribution in [3.63, 3.8) is 0 Å². The Bertz CT molecular complexity index is 597. The number of carboxylic acid groups (broad SMARTS) is 1. The normalized spacial score (nSPS) is 10.0. The molecule has 0 aliphatic heterocycles. The molecular weight excluding hydrogens is 268 g/mol. The van der Waals surface area contributed by atoms with E-state index >= 15 is 0 Å². The van der Waals surface area contributed by atoms with Crippen LogP contribution in [-0.2, 0) is 0 Å². The molecule has 1 aromatic heterocycles. The van der Waals surface area contributed by atoms with Gasteiger partial charge in [-0.25, -0.2) is 9.78 Å². The minimum absolute atomic E-state index is 0.00867. The monoisotopic (exact) mass is 280 g/mol. The zero-order valence-corrected chi connectivity index (χ0v) is 11.2. The first-order valence-corrected chi connectivity index (χ1v) is 6.20. The molecule has 2 N–H and O–H groups in total. The third kappa shape index (κ3) is 2.94.